The van der Waals surface area contributed by atoms with Gasteiger partial charge in [-0.05, 0) is 55.5 Å². The van der Waals surface area contributed by atoms with E-state index in [-0.39, 0.29) is 17.9 Å². The van der Waals surface area contributed by atoms with E-state index in [9.17, 15) is 9.59 Å². The average molecular weight is 471 g/mol. The Hall–Kier alpha value is -2.14. The molecule has 0 saturated heterocycles. The minimum absolute atomic E-state index is 0.0319. The number of benzene rings is 2. The predicted octanol–water partition coefficient (Wildman–Crippen LogP) is 5.17. The molecule has 1 atom stereocenters. The third kappa shape index (κ3) is 6.18. The molecule has 0 aromatic heterocycles. The predicted molar refractivity (Wildman–Crippen MR) is 124 cm³/mol. The summed E-state index contributed by atoms with van der Waals surface area (Å²) in [5, 5.41) is 3.18. The number of hydrogen-bond acceptors (Lipinski definition) is 2. The number of aryl methyl sites for hydroxylation is 1. The first-order valence-corrected chi connectivity index (χ1v) is 11.6. The monoisotopic (exact) mass is 470 g/mol. The van der Waals surface area contributed by atoms with Crippen LogP contribution in [-0.2, 0) is 22.6 Å². The lowest BCUT2D eigenvalue weighted by atomic mass is 9.95. The zero-order valence-corrected chi connectivity index (χ0v) is 19.5. The maximum atomic E-state index is 13.3. The van der Waals surface area contributed by atoms with Crippen molar-refractivity contribution in [3.63, 3.8) is 0 Å². The molecule has 1 aliphatic carbocycles. The molecule has 1 N–H and O–H groups in total. The topological polar surface area (TPSA) is 49.4 Å². The van der Waals surface area contributed by atoms with Crippen LogP contribution in [0.4, 0.5) is 0 Å². The Labute approximate surface area is 188 Å². The van der Waals surface area contributed by atoms with Crippen LogP contribution in [0.25, 0.3) is 0 Å². The maximum Gasteiger partial charge on any atom is 0.242 e. The lowest BCUT2D eigenvalue weighted by molar-refractivity contribution is -0.140. The van der Waals surface area contributed by atoms with Gasteiger partial charge in [0.25, 0.3) is 0 Å². The summed E-state index contributed by atoms with van der Waals surface area (Å²) in [6.07, 6.45) is 5.91. The molecule has 0 heterocycles. The van der Waals surface area contributed by atoms with Gasteiger partial charge < -0.3 is 10.2 Å². The highest BCUT2D eigenvalue weighted by molar-refractivity contribution is 9.10. The van der Waals surface area contributed by atoms with Gasteiger partial charge in [0, 0.05) is 17.1 Å². The van der Waals surface area contributed by atoms with Crippen molar-refractivity contribution in [3.05, 3.63) is 69.7 Å². The first kappa shape index (κ1) is 22.5. The van der Waals surface area contributed by atoms with E-state index in [4.69, 9.17) is 0 Å². The summed E-state index contributed by atoms with van der Waals surface area (Å²) in [5.74, 6) is -0.0920. The Balaban J connectivity index is 1.77. The summed E-state index contributed by atoms with van der Waals surface area (Å²) in [5.41, 5.74) is 3.09. The van der Waals surface area contributed by atoms with Gasteiger partial charge in [-0.25, -0.2) is 0 Å². The van der Waals surface area contributed by atoms with E-state index in [2.05, 4.69) is 21.2 Å². The van der Waals surface area contributed by atoms with E-state index in [1.54, 1.807) is 4.90 Å². The van der Waals surface area contributed by atoms with E-state index in [0.717, 1.165) is 46.8 Å². The van der Waals surface area contributed by atoms with E-state index in [1.165, 1.54) is 6.42 Å². The Morgan fingerprint density at radius 1 is 1.10 bits per heavy atom. The molecule has 30 heavy (non-hydrogen) atoms. The summed E-state index contributed by atoms with van der Waals surface area (Å²) >= 11 is 3.50. The molecule has 0 unspecified atom stereocenters. The first-order chi connectivity index (χ1) is 14.4. The fraction of sp³-hybridized carbons (Fsp3) is 0.440. The van der Waals surface area contributed by atoms with Crippen molar-refractivity contribution in [3.8, 4) is 0 Å². The minimum atomic E-state index is -0.526. The summed E-state index contributed by atoms with van der Waals surface area (Å²) in [6.45, 7) is 4.26. The molecular weight excluding hydrogens is 440 g/mol. The number of nitrogens with zero attached hydrogens (tertiary/aromatic N) is 1. The number of amides is 2. The largest absolute Gasteiger partial charge is 0.352 e. The van der Waals surface area contributed by atoms with Crippen LogP contribution in [0.3, 0.4) is 0 Å². The van der Waals surface area contributed by atoms with Crippen LogP contribution in [0.5, 0.6) is 0 Å². The van der Waals surface area contributed by atoms with Crippen molar-refractivity contribution in [2.75, 3.05) is 0 Å². The standard InChI is InChI=1S/C25H31BrN2O2/c1-18-9-6-7-11-21(18)16-24(29)28(17-20-10-8-12-22(26)15-20)19(2)25(30)27-23-13-4-3-5-14-23/h6-12,15,19,23H,3-5,13-14,16-17H2,1-2H3,(H,27,30)/t19-/m0/s1. The van der Waals surface area contributed by atoms with Crippen molar-refractivity contribution in [1.29, 1.82) is 0 Å². The molecule has 0 radical (unpaired) electrons. The lowest BCUT2D eigenvalue weighted by Gasteiger charge is -2.31. The van der Waals surface area contributed by atoms with E-state index >= 15 is 0 Å². The Kier molecular flexibility index (Phi) is 8.08. The van der Waals surface area contributed by atoms with Gasteiger partial charge in [-0.15, -0.1) is 0 Å². The van der Waals surface area contributed by atoms with Gasteiger partial charge in [0.05, 0.1) is 6.42 Å². The molecule has 2 amide bonds. The van der Waals surface area contributed by atoms with Crippen LogP contribution in [0.15, 0.2) is 53.0 Å². The molecule has 2 aromatic rings. The van der Waals surface area contributed by atoms with Crippen molar-refractivity contribution in [2.45, 2.75) is 71.0 Å². The molecule has 1 fully saturated rings. The molecule has 0 aliphatic heterocycles. The fourth-order valence-corrected chi connectivity index (χ4v) is 4.50. The molecule has 1 saturated carbocycles. The van der Waals surface area contributed by atoms with Gasteiger partial charge in [-0.1, -0.05) is 71.6 Å². The van der Waals surface area contributed by atoms with Gasteiger partial charge in [0.15, 0.2) is 0 Å². The highest BCUT2D eigenvalue weighted by Gasteiger charge is 2.28. The highest BCUT2D eigenvalue weighted by Crippen LogP contribution is 2.20. The molecule has 4 nitrogen and oxygen atoms in total. The Morgan fingerprint density at radius 2 is 1.83 bits per heavy atom. The third-order valence-corrected chi connectivity index (χ3v) is 6.46. The Morgan fingerprint density at radius 3 is 2.53 bits per heavy atom. The number of hydrogen-bond donors (Lipinski definition) is 1. The molecule has 1 aliphatic rings. The molecular formula is C25H31BrN2O2. The maximum absolute atomic E-state index is 13.3. The van der Waals surface area contributed by atoms with Gasteiger partial charge in [0.1, 0.15) is 6.04 Å². The molecule has 5 heteroatoms. The van der Waals surface area contributed by atoms with Crippen LogP contribution < -0.4 is 5.32 Å². The normalized spacial score (nSPS) is 15.4. The molecule has 3 rings (SSSR count). The number of carbonyl (C=O) groups excluding carboxylic acids is 2. The van der Waals surface area contributed by atoms with Crippen LogP contribution in [0.2, 0.25) is 0 Å². The SMILES string of the molecule is Cc1ccccc1CC(=O)N(Cc1cccc(Br)c1)[C@@H](C)C(=O)NC1CCCCC1. The summed E-state index contributed by atoms with van der Waals surface area (Å²) < 4.78 is 0.964. The highest BCUT2D eigenvalue weighted by atomic mass is 79.9. The number of halogens is 1. The molecule has 0 spiro atoms. The smallest absolute Gasteiger partial charge is 0.242 e. The second kappa shape index (κ2) is 10.8. The summed E-state index contributed by atoms with van der Waals surface area (Å²) in [6, 6.07) is 15.5. The van der Waals surface area contributed by atoms with Gasteiger partial charge in [0.2, 0.25) is 11.8 Å². The molecule has 160 valence electrons. The molecule has 0 bridgehead atoms. The second-order valence-corrected chi connectivity index (χ2v) is 9.19. The second-order valence-electron chi connectivity index (χ2n) is 8.27. The lowest BCUT2D eigenvalue weighted by Crippen LogP contribution is -2.50. The van der Waals surface area contributed by atoms with Crippen molar-refractivity contribution >= 4 is 27.7 Å². The zero-order chi connectivity index (χ0) is 21.5. The number of rotatable bonds is 7. The van der Waals surface area contributed by atoms with Gasteiger partial charge in [-0.2, -0.15) is 0 Å². The van der Waals surface area contributed by atoms with E-state index < -0.39 is 6.04 Å². The molecule has 2 aromatic carbocycles. The number of nitrogens with one attached hydrogen (secondary N) is 1. The summed E-state index contributed by atoms with van der Waals surface area (Å²) in [4.78, 5) is 28.1. The fourth-order valence-electron chi connectivity index (χ4n) is 4.06. The average Bonchev–Trinajstić information content (AvgIpc) is 2.74. The summed E-state index contributed by atoms with van der Waals surface area (Å²) in [7, 11) is 0. The van der Waals surface area contributed by atoms with E-state index in [1.807, 2.05) is 62.4 Å². The minimum Gasteiger partial charge on any atom is -0.352 e. The Bertz CT molecular complexity index is 877. The first-order valence-electron chi connectivity index (χ1n) is 10.8. The van der Waals surface area contributed by atoms with E-state index in [0.29, 0.717) is 13.0 Å². The van der Waals surface area contributed by atoms with Crippen molar-refractivity contribution in [1.82, 2.24) is 10.2 Å². The quantitative estimate of drug-likeness (QED) is 0.606. The van der Waals surface area contributed by atoms with Crippen LogP contribution in [0.1, 0.15) is 55.7 Å². The van der Waals surface area contributed by atoms with Crippen molar-refractivity contribution in [2.24, 2.45) is 0 Å². The van der Waals surface area contributed by atoms with Crippen LogP contribution in [-0.4, -0.2) is 28.8 Å². The van der Waals surface area contributed by atoms with Gasteiger partial charge in [-0.3, -0.25) is 9.59 Å². The third-order valence-electron chi connectivity index (χ3n) is 5.96. The van der Waals surface area contributed by atoms with Gasteiger partial charge >= 0.3 is 0 Å². The van der Waals surface area contributed by atoms with Crippen LogP contribution >= 0.6 is 15.9 Å². The zero-order valence-electron chi connectivity index (χ0n) is 17.9. The van der Waals surface area contributed by atoms with Crippen molar-refractivity contribution < 1.29 is 9.59 Å². The van der Waals surface area contributed by atoms with Crippen LogP contribution in [0, 0.1) is 6.92 Å². The number of carbonyl (C=O) groups is 2.